The van der Waals surface area contributed by atoms with Crippen molar-refractivity contribution >= 4 is 27.6 Å². The summed E-state index contributed by atoms with van der Waals surface area (Å²) in [6.45, 7) is 1.84. The third-order valence-corrected chi connectivity index (χ3v) is 7.47. The van der Waals surface area contributed by atoms with Crippen molar-refractivity contribution in [1.82, 2.24) is 0 Å². The first kappa shape index (κ1) is 18.0. The molecule has 0 bridgehead atoms. The zero-order valence-electron chi connectivity index (χ0n) is 13.9. The predicted octanol–water partition coefficient (Wildman–Crippen LogP) is 3.88. The molecule has 3 rings (SSSR count). The van der Waals surface area contributed by atoms with Crippen LogP contribution < -0.4 is 0 Å². The predicted molar refractivity (Wildman–Crippen MR) is 99.6 cm³/mol. The van der Waals surface area contributed by atoms with Crippen LogP contribution in [0, 0.1) is 0 Å². The molecule has 4 nitrogen and oxygen atoms in total. The van der Waals surface area contributed by atoms with Crippen molar-refractivity contribution in [2.75, 3.05) is 11.5 Å². The molecule has 1 fully saturated rings. The number of carbonyl (C=O) groups is 1. The van der Waals surface area contributed by atoms with Gasteiger partial charge in [-0.2, -0.15) is 0 Å². The van der Waals surface area contributed by atoms with Crippen LogP contribution in [0.5, 0.6) is 0 Å². The molecule has 0 amide bonds. The van der Waals surface area contributed by atoms with Crippen molar-refractivity contribution in [3.05, 3.63) is 65.7 Å². The van der Waals surface area contributed by atoms with Crippen LogP contribution in [0.25, 0.3) is 0 Å². The molecule has 25 heavy (non-hydrogen) atoms. The summed E-state index contributed by atoms with van der Waals surface area (Å²) in [5.74, 6) is 0.00404. The van der Waals surface area contributed by atoms with Crippen LogP contribution in [0.15, 0.2) is 59.5 Å². The Bertz CT molecular complexity index is 847. The van der Waals surface area contributed by atoms with E-state index in [2.05, 4.69) is 0 Å². The molecule has 0 aromatic heterocycles. The van der Waals surface area contributed by atoms with Crippen LogP contribution in [0.4, 0.5) is 0 Å². The normalized spacial score (nSPS) is 20.1. The molecule has 2 atom stereocenters. The van der Waals surface area contributed by atoms with Crippen LogP contribution in [0.3, 0.4) is 0 Å². The lowest BCUT2D eigenvalue weighted by molar-refractivity contribution is 0.0333. The summed E-state index contributed by atoms with van der Waals surface area (Å²) in [4.78, 5) is 13.4. The molecule has 1 saturated heterocycles. The van der Waals surface area contributed by atoms with E-state index >= 15 is 0 Å². The number of esters is 1. The number of sulfone groups is 1. The maximum Gasteiger partial charge on any atom is 0.339 e. The number of rotatable bonds is 5. The Morgan fingerprint density at radius 3 is 2.48 bits per heavy atom. The molecule has 2 aromatic rings. The first-order valence-electron chi connectivity index (χ1n) is 8.17. The average molecular weight is 376 g/mol. The highest BCUT2D eigenvalue weighted by Gasteiger charge is 2.29. The standard InChI is InChI=1S/C19H20O4S2/c1-14(15-7-3-2-4-8-15)23-19(20)17-9-5-6-10-18(17)24-16-11-12-25(21,22)13-16/h2-10,14,16H,11-13H2,1H3/t14-,16-/m0/s1. The fraction of sp³-hybridized carbons (Fsp3) is 0.316. The highest BCUT2D eigenvalue weighted by Crippen LogP contribution is 2.33. The largest absolute Gasteiger partial charge is 0.454 e. The minimum Gasteiger partial charge on any atom is -0.454 e. The maximum atomic E-state index is 12.6. The fourth-order valence-corrected chi connectivity index (χ4v) is 6.40. The monoisotopic (exact) mass is 376 g/mol. The van der Waals surface area contributed by atoms with Gasteiger partial charge in [0.15, 0.2) is 9.84 Å². The van der Waals surface area contributed by atoms with Gasteiger partial charge in [-0.05, 0) is 31.0 Å². The lowest BCUT2D eigenvalue weighted by atomic mass is 10.1. The molecule has 0 aliphatic carbocycles. The summed E-state index contributed by atoms with van der Waals surface area (Å²) in [7, 11) is -2.94. The average Bonchev–Trinajstić information content (AvgIpc) is 2.94. The van der Waals surface area contributed by atoms with Crippen molar-refractivity contribution in [3.8, 4) is 0 Å². The number of thioether (sulfide) groups is 1. The van der Waals surface area contributed by atoms with Gasteiger partial charge in [0.25, 0.3) is 0 Å². The summed E-state index contributed by atoms with van der Waals surface area (Å²) < 4.78 is 28.9. The molecule has 0 saturated carbocycles. The summed E-state index contributed by atoms with van der Waals surface area (Å²) in [5.41, 5.74) is 1.42. The molecular weight excluding hydrogens is 356 g/mol. The van der Waals surface area contributed by atoms with Crippen LogP contribution in [-0.4, -0.2) is 31.1 Å². The first-order chi connectivity index (χ1) is 11.9. The molecule has 0 spiro atoms. The first-order valence-corrected chi connectivity index (χ1v) is 10.9. The molecule has 1 aliphatic heterocycles. The number of benzene rings is 2. The SMILES string of the molecule is C[C@H](OC(=O)c1ccccc1S[C@H]1CCS(=O)(=O)C1)c1ccccc1. The Hall–Kier alpha value is -1.79. The van der Waals surface area contributed by atoms with Crippen LogP contribution >= 0.6 is 11.8 Å². The number of hydrogen-bond donors (Lipinski definition) is 0. The zero-order chi connectivity index (χ0) is 17.9. The van der Waals surface area contributed by atoms with E-state index in [0.717, 1.165) is 10.5 Å². The Morgan fingerprint density at radius 2 is 1.80 bits per heavy atom. The van der Waals surface area contributed by atoms with Crippen LogP contribution in [0.2, 0.25) is 0 Å². The van der Waals surface area contributed by atoms with Crippen molar-refractivity contribution in [1.29, 1.82) is 0 Å². The Balaban J connectivity index is 1.73. The highest BCUT2D eigenvalue weighted by atomic mass is 32.2. The molecule has 2 aromatic carbocycles. The van der Waals surface area contributed by atoms with Crippen LogP contribution in [-0.2, 0) is 14.6 Å². The van der Waals surface area contributed by atoms with E-state index in [9.17, 15) is 13.2 Å². The number of ether oxygens (including phenoxy) is 1. The van der Waals surface area contributed by atoms with Gasteiger partial charge in [-0.1, -0.05) is 42.5 Å². The van der Waals surface area contributed by atoms with E-state index in [0.29, 0.717) is 12.0 Å². The second-order valence-electron chi connectivity index (χ2n) is 6.10. The molecule has 1 heterocycles. The molecule has 0 radical (unpaired) electrons. The smallest absolute Gasteiger partial charge is 0.339 e. The van der Waals surface area contributed by atoms with E-state index in [-0.39, 0.29) is 28.8 Å². The molecule has 6 heteroatoms. The molecule has 132 valence electrons. The van der Waals surface area contributed by atoms with Gasteiger partial charge in [-0.25, -0.2) is 13.2 Å². The quantitative estimate of drug-likeness (QED) is 0.741. The second-order valence-corrected chi connectivity index (χ2v) is 9.67. The topological polar surface area (TPSA) is 60.4 Å². The lowest BCUT2D eigenvalue weighted by Gasteiger charge is -2.16. The van der Waals surface area contributed by atoms with Gasteiger partial charge >= 0.3 is 5.97 Å². The molecule has 1 aliphatic rings. The lowest BCUT2D eigenvalue weighted by Crippen LogP contribution is -2.12. The molecule has 0 unspecified atom stereocenters. The van der Waals surface area contributed by atoms with E-state index in [1.54, 1.807) is 12.1 Å². The van der Waals surface area contributed by atoms with Crippen LogP contribution in [0.1, 0.15) is 35.4 Å². The Labute approximate surface area is 152 Å². The summed E-state index contributed by atoms with van der Waals surface area (Å²) in [6.07, 6.45) is 0.273. The van der Waals surface area contributed by atoms with E-state index in [4.69, 9.17) is 4.74 Å². The van der Waals surface area contributed by atoms with Gasteiger partial charge in [-0.15, -0.1) is 11.8 Å². The third kappa shape index (κ3) is 4.64. The summed E-state index contributed by atoms with van der Waals surface area (Å²) >= 11 is 1.45. The Morgan fingerprint density at radius 1 is 1.12 bits per heavy atom. The van der Waals surface area contributed by atoms with E-state index in [1.807, 2.05) is 49.4 Å². The minimum atomic E-state index is -2.94. The van der Waals surface area contributed by atoms with E-state index in [1.165, 1.54) is 11.8 Å². The van der Waals surface area contributed by atoms with Gasteiger partial charge in [0.05, 0.1) is 17.1 Å². The minimum absolute atomic E-state index is 0.00880. The summed E-state index contributed by atoms with van der Waals surface area (Å²) in [5, 5.41) is -0.00880. The van der Waals surface area contributed by atoms with Gasteiger partial charge in [0, 0.05) is 10.1 Å². The molecular formula is C19H20O4S2. The molecule has 0 N–H and O–H groups in total. The summed E-state index contributed by atoms with van der Waals surface area (Å²) in [6, 6.07) is 16.8. The second kappa shape index (κ2) is 7.62. The van der Waals surface area contributed by atoms with Gasteiger partial charge in [0.1, 0.15) is 6.10 Å². The van der Waals surface area contributed by atoms with Gasteiger partial charge < -0.3 is 4.74 Å². The highest BCUT2D eigenvalue weighted by molar-refractivity contribution is 8.02. The number of hydrogen-bond acceptors (Lipinski definition) is 5. The van der Waals surface area contributed by atoms with Gasteiger partial charge in [0.2, 0.25) is 0 Å². The van der Waals surface area contributed by atoms with Crippen molar-refractivity contribution in [2.24, 2.45) is 0 Å². The third-order valence-electron chi connectivity index (χ3n) is 4.14. The van der Waals surface area contributed by atoms with Crippen molar-refractivity contribution in [3.63, 3.8) is 0 Å². The van der Waals surface area contributed by atoms with Crippen molar-refractivity contribution in [2.45, 2.75) is 29.6 Å². The van der Waals surface area contributed by atoms with E-state index < -0.39 is 9.84 Å². The fourth-order valence-electron chi connectivity index (χ4n) is 2.79. The zero-order valence-corrected chi connectivity index (χ0v) is 15.6. The number of carbonyl (C=O) groups excluding carboxylic acids is 1. The van der Waals surface area contributed by atoms with Crippen molar-refractivity contribution < 1.29 is 17.9 Å². The van der Waals surface area contributed by atoms with Gasteiger partial charge in [-0.3, -0.25) is 0 Å². The Kier molecular flexibility index (Phi) is 5.49. The maximum absolute atomic E-state index is 12.6.